The zero-order valence-corrected chi connectivity index (χ0v) is 16.9. The Kier molecular flexibility index (Phi) is 5.70. The van der Waals surface area contributed by atoms with Crippen LogP contribution in [0.5, 0.6) is 0 Å². The number of nitrogens with zero attached hydrogens (tertiary/aromatic N) is 3. The fourth-order valence-electron chi connectivity index (χ4n) is 4.32. The molecule has 0 radical (unpaired) electrons. The summed E-state index contributed by atoms with van der Waals surface area (Å²) in [4.78, 5) is 25.1. The second-order valence-corrected chi connectivity index (χ2v) is 7.54. The summed E-state index contributed by atoms with van der Waals surface area (Å²) in [5.74, 6) is -0.648. The molecule has 1 heterocycles. The highest BCUT2D eigenvalue weighted by atomic mass is 16.6. The van der Waals surface area contributed by atoms with E-state index >= 15 is 0 Å². The molecule has 0 saturated carbocycles. The standard InChI is InChI=1S/C22H24N4O4/c1-2-29-21(27)19(13-26-10-9-16(12-23)25-26)30-22(28)24-20-17-7-3-5-14(17)11-15-6-4-8-18(15)20/h9-11,19H,2-8,13H2,1H3,(H,24,28). The lowest BCUT2D eigenvalue weighted by Gasteiger charge is -2.19. The normalized spacial score (nSPS) is 15.1. The topological polar surface area (TPSA) is 106 Å². The van der Waals surface area contributed by atoms with Crippen LogP contribution >= 0.6 is 0 Å². The van der Waals surface area contributed by atoms with Crippen LogP contribution < -0.4 is 5.32 Å². The molecule has 8 heteroatoms. The van der Waals surface area contributed by atoms with Crippen molar-refractivity contribution in [3.8, 4) is 6.07 Å². The molecular weight excluding hydrogens is 384 g/mol. The second-order valence-electron chi connectivity index (χ2n) is 7.54. The Bertz CT molecular complexity index is 989. The van der Waals surface area contributed by atoms with Gasteiger partial charge in [-0.3, -0.25) is 10.00 Å². The zero-order chi connectivity index (χ0) is 21.1. The largest absolute Gasteiger partial charge is 0.463 e. The van der Waals surface area contributed by atoms with Gasteiger partial charge in [0.05, 0.1) is 18.8 Å². The smallest absolute Gasteiger partial charge is 0.412 e. The van der Waals surface area contributed by atoms with Gasteiger partial charge in [0, 0.05) is 6.20 Å². The first-order valence-corrected chi connectivity index (χ1v) is 10.3. The Balaban J connectivity index is 1.52. The summed E-state index contributed by atoms with van der Waals surface area (Å²) < 4.78 is 11.9. The third-order valence-electron chi connectivity index (χ3n) is 5.61. The Morgan fingerprint density at radius 2 is 1.93 bits per heavy atom. The molecule has 156 valence electrons. The Hall–Kier alpha value is -3.34. The lowest BCUT2D eigenvalue weighted by atomic mass is 9.99. The predicted octanol–water partition coefficient (Wildman–Crippen LogP) is 2.91. The zero-order valence-electron chi connectivity index (χ0n) is 16.9. The van der Waals surface area contributed by atoms with Crippen molar-refractivity contribution in [2.45, 2.75) is 58.1 Å². The number of aromatic nitrogens is 2. The maximum Gasteiger partial charge on any atom is 0.412 e. The van der Waals surface area contributed by atoms with Gasteiger partial charge in [-0.05, 0) is 73.8 Å². The van der Waals surface area contributed by atoms with E-state index < -0.39 is 18.2 Å². The third kappa shape index (κ3) is 4.01. The van der Waals surface area contributed by atoms with Gasteiger partial charge in [-0.2, -0.15) is 10.4 Å². The van der Waals surface area contributed by atoms with E-state index in [1.165, 1.54) is 33.0 Å². The number of ether oxygens (including phenoxy) is 2. The number of carbonyl (C=O) groups is 2. The Morgan fingerprint density at radius 1 is 1.23 bits per heavy atom. The Morgan fingerprint density at radius 3 is 2.53 bits per heavy atom. The molecule has 2 aliphatic rings. The van der Waals surface area contributed by atoms with Crippen LogP contribution in [-0.4, -0.2) is 34.6 Å². The highest BCUT2D eigenvalue weighted by Gasteiger charge is 2.29. The quantitative estimate of drug-likeness (QED) is 0.737. The number of nitrogens with one attached hydrogen (secondary N) is 1. The van der Waals surface area contributed by atoms with Crippen molar-refractivity contribution in [3.63, 3.8) is 0 Å². The summed E-state index contributed by atoms with van der Waals surface area (Å²) in [6, 6.07) is 5.74. The number of aryl methyl sites for hydroxylation is 2. The fraction of sp³-hybridized carbons (Fsp3) is 0.455. The van der Waals surface area contributed by atoms with Crippen molar-refractivity contribution in [1.82, 2.24) is 9.78 Å². The summed E-state index contributed by atoms with van der Waals surface area (Å²) in [5, 5.41) is 15.9. The number of esters is 1. The van der Waals surface area contributed by atoms with Gasteiger partial charge in [0.15, 0.2) is 5.69 Å². The van der Waals surface area contributed by atoms with Crippen molar-refractivity contribution < 1.29 is 19.1 Å². The van der Waals surface area contributed by atoms with E-state index in [-0.39, 0.29) is 18.8 Å². The first-order valence-electron chi connectivity index (χ1n) is 10.3. The van der Waals surface area contributed by atoms with Gasteiger partial charge in [0.1, 0.15) is 6.07 Å². The minimum Gasteiger partial charge on any atom is -0.463 e. The van der Waals surface area contributed by atoms with E-state index in [0.717, 1.165) is 44.2 Å². The van der Waals surface area contributed by atoms with Crippen LogP contribution in [0.15, 0.2) is 18.3 Å². The van der Waals surface area contributed by atoms with Crippen LogP contribution in [0.3, 0.4) is 0 Å². The van der Waals surface area contributed by atoms with E-state index in [0.29, 0.717) is 0 Å². The molecule has 1 amide bonds. The van der Waals surface area contributed by atoms with E-state index in [4.69, 9.17) is 14.7 Å². The van der Waals surface area contributed by atoms with Crippen LogP contribution in [0.25, 0.3) is 0 Å². The van der Waals surface area contributed by atoms with Crippen LogP contribution in [0, 0.1) is 11.3 Å². The van der Waals surface area contributed by atoms with Crippen molar-refractivity contribution in [1.29, 1.82) is 5.26 Å². The molecule has 4 rings (SSSR count). The second kappa shape index (κ2) is 8.57. The molecule has 8 nitrogen and oxygen atoms in total. The highest BCUT2D eigenvalue weighted by molar-refractivity contribution is 5.90. The predicted molar refractivity (Wildman–Crippen MR) is 108 cm³/mol. The van der Waals surface area contributed by atoms with Gasteiger partial charge in [-0.15, -0.1) is 0 Å². The minimum absolute atomic E-state index is 0.0288. The average Bonchev–Trinajstić information content (AvgIpc) is 3.47. The molecule has 2 aromatic rings. The number of carbonyl (C=O) groups excluding carboxylic acids is 2. The molecule has 0 fully saturated rings. The van der Waals surface area contributed by atoms with Crippen molar-refractivity contribution in [2.75, 3.05) is 11.9 Å². The minimum atomic E-state index is -1.17. The molecule has 1 unspecified atom stereocenters. The average molecular weight is 408 g/mol. The molecule has 30 heavy (non-hydrogen) atoms. The van der Waals surface area contributed by atoms with E-state index in [1.807, 2.05) is 6.07 Å². The van der Waals surface area contributed by atoms with Gasteiger partial charge in [0.2, 0.25) is 6.10 Å². The number of fused-ring (bicyclic) bond motifs is 2. The molecule has 0 aliphatic heterocycles. The van der Waals surface area contributed by atoms with Crippen LogP contribution in [0.4, 0.5) is 10.5 Å². The van der Waals surface area contributed by atoms with E-state index in [9.17, 15) is 9.59 Å². The summed E-state index contributed by atoms with van der Waals surface area (Å²) in [6.45, 7) is 1.83. The third-order valence-corrected chi connectivity index (χ3v) is 5.61. The van der Waals surface area contributed by atoms with Gasteiger partial charge in [0.25, 0.3) is 0 Å². The first-order chi connectivity index (χ1) is 14.6. The lowest BCUT2D eigenvalue weighted by molar-refractivity contribution is -0.153. The number of hydrogen-bond acceptors (Lipinski definition) is 6. The molecule has 1 aromatic heterocycles. The number of amides is 1. The van der Waals surface area contributed by atoms with Gasteiger partial charge in [-0.25, -0.2) is 9.59 Å². The van der Waals surface area contributed by atoms with Crippen molar-refractivity contribution >= 4 is 17.7 Å². The molecule has 2 aliphatic carbocycles. The first kappa shape index (κ1) is 20.0. The van der Waals surface area contributed by atoms with Crippen LogP contribution in [-0.2, 0) is 46.5 Å². The van der Waals surface area contributed by atoms with Gasteiger partial charge >= 0.3 is 12.1 Å². The van der Waals surface area contributed by atoms with Gasteiger partial charge in [-0.1, -0.05) is 6.07 Å². The van der Waals surface area contributed by atoms with E-state index in [2.05, 4.69) is 16.5 Å². The number of rotatable bonds is 6. The SMILES string of the molecule is CCOC(=O)C(Cn1ccc(C#N)n1)OC(=O)Nc1c2c(cc3c1CCC3)CCC2. The summed E-state index contributed by atoms with van der Waals surface area (Å²) in [6.07, 6.45) is 5.78. The maximum atomic E-state index is 12.8. The summed E-state index contributed by atoms with van der Waals surface area (Å²) >= 11 is 0. The molecule has 1 aromatic carbocycles. The fourth-order valence-corrected chi connectivity index (χ4v) is 4.32. The molecule has 0 saturated heterocycles. The summed E-state index contributed by atoms with van der Waals surface area (Å²) in [7, 11) is 0. The monoisotopic (exact) mass is 408 g/mol. The molecule has 0 spiro atoms. The molecule has 1 atom stereocenters. The number of benzene rings is 1. The van der Waals surface area contributed by atoms with E-state index in [1.54, 1.807) is 13.1 Å². The van der Waals surface area contributed by atoms with Crippen molar-refractivity contribution in [2.24, 2.45) is 0 Å². The molecular formula is C22H24N4O4. The highest BCUT2D eigenvalue weighted by Crippen LogP contribution is 2.38. The Labute approximate surface area is 174 Å². The maximum absolute atomic E-state index is 12.8. The van der Waals surface area contributed by atoms with Crippen LogP contribution in [0.2, 0.25) is 0 Å². The number of anilines is 1. The molecule has 1 N–H and O–H groups in total. The molecule has 0 bridgehead atoms. The number of nitriles is 1. The van der Waals surface area contributed by atoms with Gasteiger partial charge < -0.3 is 9.47 Å². The number of hydrogen-bond donors (Lipinski definition) is 1. The summed E-state index contributed by atoms with van der Waals surface area (Å²) in [5.41, 5.74) is 6.05. The lowest BCUT2D eigenvalue weighted by Crippen LogP contribution is -2.35. The van der Waals surface area contributed by atoms with Crippen LogP contribution in [0.1, 0.15) is 47.7 Å². The van der Waals surface area contributed by atoms with Crippen molar-refractivity contribution in [3.05, 3.63) is 46.3 Å².